The molecule has 0 fully saturated rings. The summed E-state index contributed by atoms with van der Waals surface area (Å²) in [6.45, 7) is 1.48. The number of aromatic nitrogens is 2. The number of carbonyl (C=O) groups is 3. The van der Waals surface area contributed by atoms with Gasteiger partial charge in [-0.3, -0.25) is 14.9 Å². The summed E-state index contributed by atoms with van der Waals surface area (Å²) in [6, 6.07) is 4.15. The molecular formula is C18H23N5O5. The average Bonchev–Trinajstić information content (AvgIpc) is 3.18. The van der Waals surface area contributed by atoms with Gasteiger partial charge in [-0.2, -0.15) is 0 Å². The van der Waals surface area contributed by atoms with Crippen LogP contribution in [0.15, 0.2) is 42.9 Å². The molecular weight excluding hydrogens is 366 g/mol. The van der Waals surface area contributed by atoms with E-state index in [-0.39, 0.29) is 6.42 Å². The van der Waals surface area contributed by atoms with E-state index in [1.54, 1.807) is 30.3 Å². The second-order valence-corrected chi connectivity index (χ2v) is 6.34. The van der Waals surface area contributed by atoms with Gasteiger partial charge in [-0.05, 0) is 12.5 Å². The third-order valence-corrected chi connectivity index (χ3v) is 4.25. The molecule has 0 aliphatic carbocycles. The summed E-state index contributed by atoms with van der Waals surface area (Å²) in [4.78, 5) is 42.2. The van der Waals surface area contributed by atoms with Gasteiger partial charge < -0.3 is 26.2 Å². The van der Waals surface area contributed by atoms with Gasteiger partial charge in [0.2, 0.25) is 5.91 Å². The van der Waals surface area contributed by atoms with Crippen LogP contribution in [0, 0.1) is 0 Å². The van der Waals surface area contributed by atoms with Crippen molar-refractivity contribution in [2.45, 2.75) is 37.5 Å². The van der Waals surface area contributed by atoms with Crippen LogP contribution in [0.5, 0.6) is 0 Å². The Morgan fingerprint density at radius 2 is 1.86 bits per heavy atom. The third-order valence-electron chi connectivity index (χ3n) is 4.25. The van der Waals surface area contributed by atoms with Crippen molar-refractivity contribution in [3.63, 3.8) is 0 Å². The molecule has 0 aliphatic rings. The van der Waals surface area contributed by atoms with E-state index in [1.165, 1.54) is 19.4 Å². The number of H-pyrrole nitrogens is 1. The van der Waals surface area contributed by atoms with Gasteiger partial charge in [0.25, 0.3) is 0 Å². The van der Waals surface area contributed by atoms with Crippen molar-refractivity contribution in [3.8, 4) is 0 Å². The Morgan fingerprint density at radius 3 is 2.39 bits per heavy atom. The molecule has 0 saturated carbocycles. The lowest BCUT2D eigenvalue weighted by Gasteiger charge is -2.26. The normalized spacial score (nSPS) is 15.2. The maximum atomic E-state index is 12.4. The molecule has 2 aromatic rings. The highest BCUT2D eigenvalue weighted by atomic mass is 16.4. The minimum Gasteiger partial charge on any atom is -0.480 e. The van der Waals surface area contributed by atoms with Crippen LogP contribution >= 0.6 is 0 Å². The van der Waals surface area contributed by atoms with Crippen LogP contribution in [0.3, 0.4) is 0 Å². The standard InChI is InChI=1S/C18H23N5O5/c1-10(22-13(17(25)26)7-12-8-20-9-21-12)15(18(27)28)23-16(24)14(19)11-5-3-2-4-6-11/h2-6,8-10,13-15,22H,7,19H2,1H3,(H,20,21)(H,23,24)(H,25,26)(H,27,28)/t10-,13+,14-,15+/m1/s1. The Labute approximate surface area is 161 Å². The predicted octanol–water partition coefficient (Wildman–Crippen LogP) is -0.347. The largest absolute Gasteiger partial charge is 0.480 e. The summed E-state index contributed by atoms with van der Waals surface area (Å²) in [6.07, 6.45) is 2.98. The first-order chi connectivity index (χ1) is 13.3. The molecule has 0 radical (unpaired) electrons. The average molecular weight is 389 g/mol. The molecule has 4 atom stereocenters. The number of aromatic amines is 1. The second-order valence-electron chi connectivity index (χ2n) is 6.34. The first-order valence-corrected chi connectivity index (χ1v) is 8.59. The zero-order chi connectivity index (χ0) is 20.7. The first-order valence-electron chi connectivity index (χ1n) is 8.59. The number of carboxylic acids is 2. The van der Waals surface area contributed by atoms with Gasteiger partial charge in [0.15, 0.2) is 0 Å². The Hall–Kier alpha value is -3.24. The van der Waals surface area contributed by atoms with E-state index in [9.17, 15) is 24.6 Å². The molecule has 1 aromatic heterocycles. The van der Waals surface area contributed by atoms with E-state index >= 15 is 0 Å². The van der Waals surface area contributed by atoms with Crippen molar-refractivity contribution >= 4 is 17.8 Å². The lowest BCUT2D eigenvalue weighted by atomic mass is 10.0. The van der Waals surface area contributed by atoms with Crippen molar-refractivity contribution in [1.82, 2.24) is 20.6 Å². The molecule has 1 aromatic carbocycles. The summed E-state index contributed by atoms with van der Waals surface area (Å²) in [7, 11) is 0. The summed E-state index contributed by atoms with van der Waals surface area (Å²) < 4.78 is 0. The van der Waals surface area contributed by atoms with Crippen LogP contribution < -0.4 is 16.4 Å². The van der Waals surface area contributed by atoms with Crippen LogP contribution in [0.25, 0.3) is 0 Å². The molecule has 1 amide bonds. The number of benzene rings is 1. The highest BCUT2D eigenvalue weighted by Gasteiger charge is 2.32. The van der Waals surface area contributed by atoms with E-state index in [1.807, 2.05) is 0 Å². The SMILES string of the molecule is C[C@@H](N[C@@H](Cc1cnc[nH]1)C(=O)O)[C@H](NC(=O)[C@H](N)c1ccccc1)C(=O)O. The first kappa shape index (κ1) is 21.1. The van der Waals surface area contributed by atoms with Gasteiger partial charge in [0.05, 0.1) is 6.33 Å². The molecule has 2 rings (SSSR count). The Morgan fingerprint density at radius 1 is 1.18 bits per heavy atom. The highest BCUT2D eigenvalue weighted by Crippen LogP contribution is 2.10. The van der Waals surface area contributed by atoms with Gasteiger partial charge in [-0.1, -0.05) is 30.3 Å². The topological polar surface area (TPSA) is 170 Å². The predicted molar refractivity (Wildman–Crippen MR) is 99.3 cm³/mol. The quantitative estimate of drug-likeness (QED) is 0.320. The maximum Gasteiger partial charge on any atom is 0.327 e. The van der Waals surface area contributed by atoms with Crippen LogP contribution in [-0.4, -0.2) is 56.2 Å². The molecule has 1 heterocycles. The zero-order valence-electron chi connectivity index (χ0n) is 15.2. The summed E-state index contributed by atoms with van der Waals surface area (Å²) in [5.41, 5.74) is 7.01. The number of nitrogens with one attached hydrogen (secondary N) is 3. The summed E-state index contributed by atoms with van der Waals surface area (Å²) in [5.74, 6) is -3.13. The Kier molecular flexibility index (Phi) is 7.24. The number of amides is 1. The molecule has 0 unspecified atom stereocenters. The smallest absolute Gasteiger partial charge is 0.327 e. The fourth-order valence-electron chi connectivity index (χ4n) is 2.70. The summed E-state index contributed by atoms with van der Waals surface area (Å²) in [5, 5.41) is 24.0. The van der Waals surface area contributed by atoms with Crippen molar-refractivity contribution < 1.29 is 24.6 Å². The number of carbonyl (C=O) groups excluding carboxylic acids is 1. The maximum absolute atomic E-state index is 12.4. The number of hydrogen-bond donors (Lipinski definition) is 6. The minimum absolute atomic E-state index is 0.0729. The number of hydrogen-bond acceptors (Lipinski definition) is 6. The molecule has 10 nitrogen and oxygen atoms in total. The lowest BCUT2D eigenvalue weighted by Crippen LogP contribution is -2.58. The molecule has 7 N–H and O–H groups in total. The number of nitrogens with zero attached hydrogens (tertiary/aromatic N) is 1. The molecule has 0 saturated heterocycles. The third kappa shape index (κ3) is 5.63. The van der Waals surface area contributed by atoms with Crippen molar-refractivity contribution in [3.05, 3.63) is 54.1 Å². The van der Waals surface area contributed by atoms with Crippen molar-refractivity contribution in [1.29, 1.82) is 0 Å². The van der Waals surface area contributed by atoms with Crippen molar-refractivity contribution in [2.75, 3.05) is 0 Å². The molecule has 28 heavy (non-hydrogen) atoms. The highest BCUT2D eigenvalue weighted by molar-refractivity contribution is 5.88. The lowest BCUT2D eigenvalue weighted by molar-refractivity contribution is -0.144. The molecule has 0 aliphatic heterocycles. The van der Waals surface area contributed by atoms with Gasteiger partial charge in [-0.25, -0.2) is 9.78 Å². The fourth-order valence-corrected chi connectivity index (χ4v) is 2.70. The minimum atomic E-state index is -1.37. The zero-order valence-corrected chi connectivity index (χ0v) is 15.2. The van der Waals surface area contributed by atoms with E-state index < -0.39 is 42.0 Å². The van der Waals surface area contributed by atoms with Crippen LogP contribution in [0.4, 0.5) is 0 Å². The summed E-state index contributed by atoms with van der Waals surface area (Å²) >= 11 is 0. The van der Waals surface area contributed by atoms with E-state index in [4.69, 9.17) is 5.73 Å². The molecule has 150 valence electrons. The van der Waals surface area contributed by atoms with Gasteiger partial charge in [0, 0.05) is 24.4 Å². The van der Waals surface area contributed by atoms with E-state index in [0.29, 0.717) is 11.3 Å². The van der Waals surface area contributed by atoms with Crippen LogP contribution in [0.1, 0.15) is 24.2 Å². The fraction of sp³-hybridized carbons (Fsp3) is 0.333. The molecule has 0 spiro atoms. The van der Waals surface area contributed by atoms with Crippen molar-refractivity contribution in [2.24, 2.45) is 5.73 Å². The van der Waals surface area contributed by atoms with Gasteiger partial charge in [-0.15, -0.1) is 0 Å². The van der Waals surface area contributed by atoms with Gasteiger partial charge in [0.1, 0.15) is 18.1 Å². The van der Waals surface area contributed by atoms with E-state index in [2.05, 4.69) is 20.6 Å². The Balaban J connectivity index is 2.05. The van der Waals surface area contributed by atoms with E-state index in [0.717, 1.165) is 0 Å². The Bertz CT molecular complexity index is 796. The van der Waals surface area contributed by atoms with Crippen LogP contribution in [-0.2, 0) is 20.8 Å². The molecule has 0 bridgehead atoms. The van der Waals surface area contributed by atoms with Crippen LogP contribution in [0.2, 0.25) is 0 Å². The number of carboxylic acid groups (broad SMARTS) is 2. The number of nitrogens with two attached hydrogens (primary N) is 1. The monoisotopic (exact) mass is 389 g/mol. The number of aliphatic carboxylic acids is 2. The second kappa shape index (κ2) is 9.62. The van der Waals surface area contributed by atoms with Gasteiger partial charge >= 0.3 is 11.9 Å². The number of imidazole rings is 1. The number of rotatable bonds is 10. The molecule has 10 heteroatoms.